The van der Waals surface area contributed by atoms with Crippen molar-refractivity contribution in [3.63, 3.8) is 0 Å². The maximum absolute atomic E-state index is 13.0. The van der Waals surface area contributed by atoms with Crippen LogP contribution in [-0.2, 0) is 0 Å². The lowest BCUT2D eigenvalue weighted by atomic mass is 10.2. The monoisotopic (exact) mass is 305 g/mol. The molecule has 0 aliphatic carbocycles. The minimum Gasteiger partial charge on any atom is -0.455 e. The van der Waals surface area contributed by atoms with Gasteiger partial charge in [0.15, 0.2) is 0 Å². The maximum Gasteiger partial charge on any atom is 0.145 e. The van der Waals surface area contributed by atoms with Crippen molar-refractivity contribution in [2.45, 2.75) is 6.92 Å². The standard InChI is InChI=1S/C14H9BrFNO/c1-9-2-4-14(12(15)6-9)18-13-5-3-11(16)7-10(13)8-17/h2-7H,1H3. The number of hydrogen-bond acceptors (Lipinski definition) is 2. The van der Waals surface area contributed by atoms with Crippen LogP contribution in [0.4, 0.5) is 4.39 Å². The smallest absolute Gasteiger partial charge is 0.145 e. The third-order valence-electron chi connectivity index (χ3n) is 2.37. The van der Waals surface area contributed by atoms with Gasteiger partial charge >= 0.3 is 0 Å². The summed E-state index contributed by atoms with van der Waals surface area (Å²) in [4.78, 5) is 0. The van der Waals surface area contributed by atoms with Gasteiger partial charge in [0.05, 0.1) is 10.0 Å². The summed E-state index contributed by atoms with van der Waals surface area (Å²) in [6.07, 6.45) is 0. The van der Waals surface area contributed by atoms with Crippen molar-refractivity contribution in [1.82, 2.24) is 0 Å². The number of nitriles is 1. The fraction of sp³-hybridized carbons (Fsp3) is 0.0714. The highest BCUT2D eigenvalue weighted by atomic mass is 79.9. The Morgan fingerprint density at radius 3 is 2.56 bits per heavy atom. The van der Waals surface area contributed by atoms with Gasteiger partial charge in [-0.1, -0.05) is 6.07 Å². The minimum absolute atomic E-state index is 0.169. The molecule has 2 rings (SSSR count). The van der Waals surface area contributed by atoms with Crippen molar-refractivity contribution in [1.29, 1.82) is 5.26 Å². The molecule has 0 aromatic heterocycles. The minimum atomic E-state index is -0.457. The van der Waals surface area contributed by atoms with E-state index in [2.05, 4.69) is 15.9 Å². The first-order chi connectivity index (χ1) is 8.60. The van der Waals surface area contributed by atoms with Crippen LogP contribution in [0.15, 0.2) is 40.9 Å². The van der Waals surface area contributed by atoms with Gasteiger partial charge in [0.25, 0.3) is 0 Å². The van der Waals surface area contributed by atoms with Gasteiger partial charge in [-0.05, 0) is 58.7 Å². The quantitative estimate of drug-likeness (QED) is 0.815. The second kappa shape index (κ2) is 5.19. The van der Waals surface area contributed by atoms with E-state index in [9.17, 15) is 4.39 Å². The van der Waals surface area contributed by atoms with Gasteiger partial charge in [0, 0.05) is 0 Å². The van der Waals surface area contributed by atoms with Gasteiger partial charge in [0.2, 0.25) is 0 Å². The molecule has 0 N–H and O–H groups in total. The third kappa shape index (κ3) is 2.69. The van der Waals surface area contributed by atoms with Crippen molar-refractivity contribution in [2.24, 2.45) is 0 Å². The average Bonchev–Trinajstić information content (AvgIpc) is 2.34. The van der Waals surface area contributed by atoms with E-state index in [0.29, 0.717) is 11.5 Å². The zero-order chi connectivity index (χ0) is 13.1. The number of ether oxygens (including phenoxy) is 1. The fourth-order valence-corrected chi connectivity index (χ4v) is 2.06. The number of nitrogens with zero attached hydrogens (tertiary/aromatic N) is 1. The summed E-state index contributed by atoms with van der Waals surface area (Å²) < 4.78 is 19.4. The lowest BCUT2D eigenvalue weighted by Gasteiger charge is -2.09. The summed E-state index contributed by atoms with van der Waals surface area (Å²) >= 11 is 3.38. The molecule has 18 heavy (non-hydrogen) atoms. The van der Waals surface area contributed by atoms with E-state index in [1.165, 1.54) is 12.1 Å². The molecule has 0 heterocycles. The summed E-state index contributed by atoms with van der Waals surface area (Å²) in [5, 5.41) is 8.93. The molecule has 0 bridgehead atoms. The molecule has 0 amide bonds. The largest absolute Gasteiger partial charge is 0.455 e. The van der Waals surface area contributed by atoms with Crippen LogP contribution >= 0.6 is 15.9 Å². The van der Waals surface area contributed by atoms with Crippen LogP contribution in [0.1, 0.15) is 11.1 Å². The lowest BCUT2D eigenvalue weighted by molar-refractivity contribution is 0.476. The van der Waals surface area contributed by atoms with E-state index in [1.807, 2.05) is 25.1 Å². The number of halogens is 2. The van der Waals surface area contributed by atoms with Crippen molar-refractivity contribution in [2.75, 3.05) is 0 Å². The van der Waals surface area contributed by atoms with Crippen LogP contribution in [-0.4, -0.2) is 0 Å². The fourth-order valence-electron chi connectivity index (χ4n) is 1.49. The summed E-state index contributed by atoms with van der Waals surface area (Å²) in [5.41, 5.74) is 1.26. The number of rotatable bonds is 2. The van der Waals surface area contributed by atoms with Gasteiger partial charge in [-0.25, -0.2) is 4.39 Å². The Bertz CT molecular complexity index is 634. The molecule has 2 nitrogen and oxygen atoms in total. The van der Waals surface area contributed by atoms with E-state index < -0.39 is 5.82 Å². The second-order valence-electron chi connectivity index (χ2n) is 3.79. The maximum atomic E-state index is 13.0. The first kappa shape index (κ1) is 12.6. The first-order valence-corrected chi connectivity index (χ1v) is 6.03. The molecular formula is C14H9BrFNO. The van der Waals surface area contributed by atoms with Crippen LogP contribution in [0, 0.1) is 24.1 Å². The normalized spacial score (nSPS) is 9.89. The van der Waals surface area contributed by atoms with Crippen molar-refractivity contribution in [3.05, 3.63) is 57.8 Å². The molecule has 0 aliphatic rings. The van der Waals surface area contributed by atoms with Gasteiger partial charge in [-0.15, -0.1) is 0 Å². The van der Waals surface area contributed by atoms with Crippen LogP contribution in [0.3, 0.4) is 0 Å². The Labute approximate surface area is 113 Å². The Kier molecular flexibility index (Phi) is 3.63. The van der Waals surface area contributed by atoms with Crippen molar-refractivity contribution < 1.29 is 9.13 Å². The number of benzene rings is 2. The summed E-state index contributed by atoms with van der Waals surface area (Å²) in [6, 6.07) is 11.4. The van der Waals surface area contributed by atoms with Crippen LogP contribution in [0.5, 0.6) is 11.5 Å². The summed E-state index contributed by atoms with van der Waals surface area (Å²) in [5.74, 6) is 0.467. The first-order valence-electron chi connectivity index (χ1n) is 5.24. The highest BCUT2D eigenvalue weighted by molar-refractivity contribution is 9.10. The van der Waals surface area contributed by atoms with Gasteiger partial charge in [-0.2, -0.15) is 5.26 Å². The predicted molar refractivity (Wildman–Crippen MR) is 70.1 cm³/mol. The molecular weight excluding hydrogens is 297 g/mol. The van der Waals surface area contributed by atoms with Crippen molar-refractivity contribution in [3.8, 4) is 17.6 Å². The molecule has 0 saturated carbocycles. The van der Waals surface area contributed by atoms with Gasteiger partial charge < -0.3 is 4.74 Å². The SMILES string of the molecule is Cc1ccc(Oc2ccc(F)cc2C#N)c(Br)c1. The van der Waals surface area contributed by atoms with Crippen molar-refractivity contribution >= 4 is 15.9 Å². The van der Waals surface area contributed by atoms with Crippen LogP contribution in [0.25, 0.3) is 0 Å². The molecule has 0 aliphatic heterocycles. The molecule has 0 fully saturated rings. The van der Waals surface area contributed by atoms with E-state index in [1.54, 1.807) is 6.07 Å². The molecule has 2 aromatic carbocycles. The van der Waals surface area contributed by atoms with Crippen LogP contribution in [0.2, 0.25) is 0 Å². The second-order valence-corrected chi connectivity index (χ2v) is 4.64. The average molecular weight is 306 g/mol. The van der Waals surface area contributed by atoms with Gasteiger partial charge in [0.1, 0.15) is 23.4 Å². The third-order valence-corrected chi connectivity index (χ3v) is 2.99. The molecule has 0 spiro atoms. The Morgan fingerprint density at radius 2 is 1.89 bits per heavy atom. The molecule has 0 radical (unpaired) electrons. The zero-order valence-corrected chi connectivity index (χ0v) is 11.2. The topological polar surface area (TPSA) is 33.0 Å². The summed E-state index contributed by atoms with van der Waals surface area (Å²) in [6.45, 7) is 1.97. The number of aryl methyl sites for hydroxylation is 1. The summed E-state index contributed by atoms with van der Waals surface area (Å²) in [7, 11) is 0. The number of hydrogen-bond donors (Lipinski definition) is 0. The van der Waals surface area contributed by atoms with Crippen LogP contribution < -0.4 is 4.74 Å². The Morgan fingerprint density at radius 1 is 1.17 bits per heavy atom. The molecule has 0 unspecified atom stereocenters. The molecule has 2 aromatic rings. The highest BCUT2D eigenvalue weighted by Crippen LogP contribution is 2.32. The Hall–Kier alpha value is -1.86. The van der Waals surface area contributed by atoms with E-state index in [4.69, 9.17) is 10.00 Å². The molecule has 0 atom stereocenters. The van der Waals surface area contributed by atoms with E-state index >= 15 is 0 Å². The Balaban J connectivity index is 2.37. The lowest BCUT2D eigenvalue weighted by Crippen LogP contribution is -1.90. The zero-order valence-electron chi connectivity index (χ0n) is 9.58. The predicted octanol–water partition coefficient (Wildman–Crippen LogP) is 4.56. The molecule has 4 heteroatoms. The van der Waals surface area contributed by atoms with Gasteiger partial charge in [-0.3, -0.25) is 0 Å². The van der Waals surface area contributed by atoms with E-state index in [0.717, 1.165) is 16.1 Å². The highest BCUT2D eigenvalue weighted by Gasteiger charge is 2.08. The molecule has 0 saturated heterocycles. The van der Waals surface area contributed by atoms with E-state index in [-0.39, 0.29) is 5.56 Å². The molecule has 90 valence electrons.